The van der Waals surface area contributed by atoms with Gasteiger partial charge in [0.05, 0.1) is 0 Å². The number of likely N-dealkylation sites (tertiary alicyclic amines) is 1. The molecule has 7 heteroatoms. The van der Waals surface area contributed by atoms with Crippen LogP contribution in [0.1, 0.15) is 30.7 Å². The molecule has 6 nitrogen and oxygen atoms in total. The molecule has 0 amide bonds. The fourth-order valence-corrected chi connectivity index (χ4v) is 3.80. The zero-order valence-electron chi connectivity index (χ0n) is 15.1. The molecule has 0 unspecified atom stereocenters. The van der Waals surface area contributed by atoms with Gasteiger partial charge >= 0.3 is 0 Å². The summed E-state index contributed by atoms with van der Waals surface area (Å²) >= 11 is 5.94. The number of nitrogens with zero attached hydrogens (tertiary/aromatic N) is 5. The van der Waals surface area contributed by atoms with Gasteiger partial charge in [-0.2, -0.15) is 9.61 Å². The number of Topliss-reactive ketones (excluding diaryl/α,β-unsaturated/α-hetero) is 1. The van der Waals surface area contributed by atoms with Crippen LogP contribution in [0.5, 0.6) is 0 Å². The van der Waals surface area contributed by atoms with Crippen molar-refractivity contribution in [3.63, 3.8) is 0 Å². The second-order valence-corrected chi connectivity index (χ2v) is 7.43. The molecule has 1 aliphatic heterocycles. The molecule has 27 heavy (non-hydrogen) atoms. The molecule has 3 heterocycles. The van der Waals surface area contributed by atoms with E-state index in [0.717, 1.165) is 32.5 Å². The van der Waals surface area contributed by atoms with Crippen LogP contribution >= 0.6 is 11.6 Å². The van der Waals surface area contributed by atoms with Crippen LogP contribution in [0.2, 0.25) is 5.15 Å². The first-order chi connectivity index (χ1) is 13.2. The van der Waals surface area contributed by atoms with Gasteiger partial charge in [-0.05, 0) is 43.6 Å². The largest absolute Gasteiger partial charge is 0.299 e. The van der Waals surface area contributed by atoms with Gasteiger partial charge in [-0.1, -0.05) is 41.9 Å². The molecule has 0 saturated carbocycles. The molecule has 140 valence electrons. The number of benzene rings is 1. The van der Waals surface area contributed by atoms with Gasteiger partial charge < -0.3 is 0 Å². The molecule has 0 spiro atoms. The van der Waals surface area contributed by atoms with E-state index in [0.29, 0.717) is 35.2 Å². The quantitative estimate of drug-likeness (QED) is 0.654. The van der Waals surface area contributed by atoms with Crippen molar-refractivity contribution in [2.24, 2.45) is 5.92 Å². The van der Waals surface area contributed by atoms with Crippen molar-refractivity contribution in [3.8, 4) is 0 Å². The van der Waals surface area contributed by atoms with E-state index in [1.54, 1.807) is 16.6 Å². The smallest absolute Gasteiger partial charge is 0.178 e. The van der Waals surface area contributed by atoms with E-state index < -0.39 is 0 Å². The van der Waals surface area contributed by atoms with Gasteiger partial charge in [0.2, 0.25) is 0 Å². The molecule has 2 aromatic heterocycles. The van der Waals surface area contributed by atoms with E-state index in [1.807, 2.05) is 6.07 Å². The van der Waals surface area contributed by atoms with Gasteiger partial charge in [0.1, 0.15) is 10.9 Å². The number of carbonyl (C=O) groups excluding carboxylic acids is 1. The normalized spacial score (nSPS) is 16.0. The summed E-state index contributed by atoms with van der Waals surface area (Å²) in [5.41, 5.74) is 1.98. The van der Waals surface area contributed by atoms with Crippen molar-refractivity contribution in [2.75, 3.05) is 13.1 Å². The SMILES string of the molecule is O=C(CCc1nnc2ccc(Cl)nn12)C1CCN(Cc2ccccc2)CC1. The molecule has 4 rings (SSSR count). The van der Waals surface area contributed by atoms with Crippen LogP contribution in [0, 0.1) is 5.92 Å². The van der Waals surface area contributed by atoms with E-state index in [2.05, 4.69) is 44.5 Å². The summed E-state index contributed by atoms with van der Waals surface area (Å²) in [6.07, 6.45) is 2.86. The van der Waals surface area contributed by atoms with Crippen LogP contribution in [-0.2, 0) is 17.8 Å². The number of halogens is 1. The minimum absolute atomic E-state index is 0.146. The predicted octanol–water partition coefficient (Wildman–Crippen LogP) is 3.19. The Morgan fingerprint density at radius 3 is 2.63 bits per heavy atom. The molecule has 0 radical (unpaired) electrons. The van der Waals surface area contributed by atoms with Crippen LogP contribution in [0.15, 0.2) is 42.5 Å². The summed E-state index contributed by atoms with van der Waals surface area (Å²) in [4.78, 5) is 15.1. The number of aryl methyl sites for hydroxylation is 1. The average Bonchev–Trinajstić information content (AvgIpc) is 3.09. The van der Waals surface area contributed by atoms with Crippen molar-refractivity contribution >= 4 is 23.0 Å². The van der Waals surface area contributed by atoms with Gasteiger partial charge in [-0.25, -0.2) is 0 Å². The monoisotopic (exact) mass is 383 g/mol. The molecule has 1 aromatic carbocycles. The first-order valence-electron chi connectivity index (χ1n) is 9.35. The molecule has 0 aliphatic carbocycles. The van der Waals surface area contributed by atoms with E-state index in [1.165, 1.54) is 5.56 Å². The number of piperidine rings is 1. The Balaban J connectivity index is 1.28. The maximum Gasteiger partial charge on any atom is 0.178 e. The number of hydrogen-bond acceptors (Lipinski definition) is 5. The number of aromatic nitrogens is 4. The van der Waals surface area contributed by atoms with Crippen LogP contribution in [0.25, 0.3) is 5.65 Å². The van der Waals surface area contributed by atoms with E-state index in [-0.39, 0.29) is 5.92 Å². The standard InChI is InChI=1S/C20H22ClN5O/c21-18-7-9-20-23-22-19(26(20)24-18)8-6-17(27)16-10-12-25(13-11-16)14-15-4-2-1-3-5-15/h1-5,7,9,16H,6,8,10-14H2. The van der Waals surface area contributed by atoms with Gasteiger partial charge in [0.25, 0.3) is 0 Å². The second-order valence-electron chi connectivity index (χ2n) is 7.04. The van der Waals surface area contributed by atoms with E-state index in [4.69, 9.17) is 11.6 Å². The molecule has 3 aromatic rings. The minimum atomic E-state index is 0.146. The van der Waals surface area contributed by atoms with Gasteiger partial charge in [-0.3, -0.25) is 9.69 Å². The first-order valence-corrected chi connectivity index (χ1v) is 9.72. The van der Waals surface area contributed by atoms with Crippen molar-refractivity contribution < 1.29 is 4.79 Å². The summed E-state index contributed by atoms with van der Waals surface area (Å²) in [5.74, 6) is 1.14. The Morgan fingerprint density at radius 1 is 1.07 bits per heavy atom. The van der Waals surface area contributed by atoms with Crippen molar-refractivity contribution in [1.29, 1.82) is 0 Å². The zero-order chi connectivity index (χ0) is 18.6. The number of rotatable bonds is 6. The van der Waals surface area contributed by atoms with E-state index >= 15 is 0 Å². The lowest BCUT2D eigenvalue weighted by Gasteiger charge is -2.31. The maximum atomic E-state index is 12.6. The second kappa shape index (κ2) is 8.15. The Labute approximate surface area is 163 Å². The highest BCUT2D eigenvalue weighted by Crippen LogP contribution is 2.21. The summed E-state index contributed by atoms with van der Waals surface area (Å²) in [7, 11) is 0. The van der Waals surface area contributed by atoms with Gasteiger partial charge in [-0.15, -0.1) is 10.2 Å². The topological polar surface area (TPSA) is 63.4 Å². The van der Waals surface area contributed by atoms with Gasteiger partial charge in [0, 0.05) is 25.3 Å². The third-order valence-corrected chi connectivity index (χ3v) is 5.38. The van der Waals surface area contributed by atoms with Crippen molar-refractivity contribution in [2.45, 2.75) is 32.2 Å². The average molecular weight is 384 g/mol. The third-order valence-electron chi connectivity index (χ3n) is 5.18. The lowest BCUT2D eigenvalue weighted by molar-refractivity contribution is -0.124. The summed E-state index contributed by atoms with van der Waals surface area (Å²) in [6.45, 7) is 2.90. The lowest BCUT2D eigenvalue weighted by atomic mass is 9.90. The van der Waals surface area contributed by atoms with Crippen LogP contribution in [0.3, 0.4) is 0 Å². The van der Waals surface area contributed by atoms with Crippen LogP contribution in [0.4, 0.5) is 0 Å². The molecular weight excluding hydrogens is 362 g/mol. The van der Waals surface area contributed by atoms with Crippen molar-refractivity contribution in [3.05, 3.63) is 59.0 Å². The zero-order valence-corrected chi connectivity index (χ0v) is 15.8. The Kier molecular flexibility index (Phi) is 5.45. The molecule has 0 atom stereocenters. The Bertz CT molecular complexity index is 919. The summed E-state index contributed by atoms with van der Waals surface area (Å²) in [5, 5.41) is 12.8. The third kappa shape index (κ3) is 4.34. The molecule has 1 aliphatic rings. The van der Waals surface area contributed by atoms with Crippen molar-refractivity contribution in [1.82, 2.24) is 24.7 Å². The molecule has 0 bridgehead atoms. The van der Waals surface area contributed by atoms with Gasteiger partial charge in [0.15, 0.2) is 11.5 Å². The van der Waals surface area contributed by atoms with Crippen LogP contribution in [-0.4, -0.2) is 43.6 Å². The van der Waals surface area contributed by atoms with Crippen LogP contribution < -0.4 is 0 Å². The molecular formula is C20H22ClN5O. The molecule has 1 fully saturated rings. The lowest BCUT2D eigenvalue weighted by Crippen LogP contribution is -2.36. The highest BCUT2D eigenvalue weighted by atomic mass is 35.5. The van der Waals surface area contributed by atoms with E-state index in [9.17, 15) is 4.79 Å². The Morgan fingerprint density at radius 2 is 1.85 bits per heavy atom. The first kappa shape index (κ1) is 18.1. The molecule has 0 N–H and O–H groups in total. The Hall–Kier alpha value is -2.31. The highest BCUT2D eigenvalue weighted by Gasteiger charge is 2.25. The fraction of sp³-hybridized carbons (Fsp3) is 0.400. The fourth-order valence-electron chi connectivity index (χ4n) is 3.66. The minimum Gasteiger partial charge on any atom is -0.299 e. The maximum absolute atomic E-state index is 12.6. The highest BCUT2D eigenvalue weighted by molar-refractivity contribution is 6.29. The number of carbonyl (C=O) groups is 1. The molecule has 1 saturated heterocycles. The summed E-state index contributed by atoms with van der Waals surface area (Å²) in [6, 6.07) is 13.9. The summed E-state index contributed by atoms with van der Waals surface area (Å²) < 4.78 is 1.62. The number of fused-ring (bicyclic) bond motifs is 1. The predicted molar refractivity (Wildman–Crippen MR) is 104 cm³/mol. The number of ketones is 1. The number of hydrogen-bond donors (Lipinski definition) is 0.